The van der Waals surface area contributed by atoms with Gasteiger partial charge < -0.3 is 18.9 Å². The third kappa shape index (κ3) is 16.5. The molecule has 2 aromatic rings. The highest BCUT2D eigenvalue weighted by molar-refractivity contribution is 14.1. The molecule has 0 radical (unpaired) electrons. The Morgan fingerprint density at radius 3 is 1.47 bits per heavy atom. The summed E-state index contributed by atoms with van der Waals surface area (Å²) in [6, 6.07) is 10.8. The van der Waals surface area contributed by atoms with E-state index < -0.39 is 29.8 Å². The second-order valence-corrected chi connectivity index (χ2v) is 7.24. The number of halogens is 1. The number of carbonyl (C=O) groups is 4. The molecule has 2 aromatic heterocycles. The molecule has 0 spiro atoms. The first-order chi connectivity index (χ1) is 16.8. The fraction of sp³-hybridized carbons (Fsp3) is 0.440. The number of carbonyl (C=O) groups excluding carboxylic acids is 4. The molecule has 0 aliphatic rings. The van der Waals surface area contributed by atoms with Crippen LogP contribution in [-0.2, 0) is 38.1 Å². The van der Waals surface area contributed by atoms with Crippen molar-refractivity contribution in [1.82, 2.24) is 9.97 Å². The van der Waals surface area contributed by atoms with Crippen LogP contribution in [0.2, 0.25) is 0 Å². The lowest BCUT2D eigenvalue weighted by atomic mass is 10.1. The third-order valence-corrected chi connectivity index (χ3v) is 4.19. The predicted octanol–water partition coefficient (Wildman–Crippen LogP) is 4.12. The first kappa shape index (κ1) is 35.1. The molecule has 0 aromatic carbocycles. The Morgan fingerprint density at radius 2 is 1.17 bits per heavy atom. The zero-order valence-electron chi connectivity index (χ0n) is 20.3. The standard InChI is InChI=1S/C12H15NO4.C7H12O4.C5H4IN.CH4/c1-3-16-11(14)10(12(15)17-4-2)9-7-5-6-8-13-9;1-3-10-6(8)5-7(9)11-4-2;6-5-3-1-2-4-7-5;/h5-8,10H,3-4H2,1-2H3;3-5H2,1-2H3;1-4H;1H4. The molecular weight excluding hydrogens is 583 g/mol. The molecule has 0 saturated heterocycles. The first-order valence-corrected chi connectivity index (χ1v) is 12.0. The number of pyridine rings is 2. The summed E-state index contributed by atoms with van der Waals surface area (Å²) in [4.78, 5) is 52.6. The average Bonchev–Trinajstić information content (AvgIpc) is 2.82. The molecule has 0 aliphatic carbocycles. The number of hydrogen-bond donors (Lipinski definition) is 0. The lowest BCUT2D eigenvalue weighted by Gasteiger charge is -2.13. The van der Waals surface area contributed by atoms with E-state index in [2.05, 4.69) is 42.0 Å². The van der Waals surface area contributed by atoms with Crippen LogP contribution in [0.4, 0.5) is 0 Å². The molecule has 0 saturated carbocycles. The van der Waals surface area contributed by atoms with Crippen LogP contribution in [0.1, 0.15) is 53.2 Å². The fourth-order valence-corrected chi connectivity index (χ4v) is 2.59. The smallest absolute Gasteiger partial charge is 0.326 e. The summed E-state index contributed by atoms with van der Waals surface area (Å²) < 4.78 is 19.8. The van der Waals surface area contributed by atoms with Gasteiger partial charge in [-0.2, -0.15) is 0 Å². The number of rotatable bonds is 9. The van der Waals surface area contributed by atoms with Gasteiger partial charge in [-0.15, -0.1) is 0 Å². The van der Waals surface area contributed by atoms with Gasteiger partial charge in [0.1, 0.15) is 10.1 Å². The van der Waals surface area contributed by atoms with Crippen molar-refractivity contribution in [1.29, 1.82) is 0 Å². The van der Waals surface area contributed by atoms with E-state index in [-0.39, 0.29) is 40.3 Å². The highest BCUT2D eigenvalue weighted by Gasteiger charge is 2.32. The highest BCUT2D eigenvalue weighted by atomic mass is 127. The largest absolute Gasteiger partial charge is 0.466 e. The Balaban J connectivity index is 0. The van der Waals surface area contributed by atoms with Crippen molar-refractivity contribution >= 4 is 46.5 Å². The second kappa shape index (κ2) is 22.4. The van der Waals surface area contributed by atoms with Gasteiger partial charge in [0.05, 0.1) is 32.1 Å². The van der Waals surface area contributed by atoms with Crippen molar-refractivity contribution < 1.29 is 38.1 Å². The summed E-state index contributed by atoms with van der Waals surface area (Å²) in [7, 11) is 0. The van der Waals surface area contributed by atoms with E-state index in [1.165, 1.54) is 6.20 Å². The molecule has 11 heteroatoms. The van der Waals surface area contributed by atoms with E-state index in [4.69, 9.17) is 9.47 Å². The highest BCUT2D eigenvalue weighted by Crippen LogP contribution is 2.17. The Bertz CT molecular complexity index is 848. The second-order valence-electron chi connectivity index (χ2n) is 6.13. The van der Waals surface area contributed by atoms with Gasteiger partial charge in [-0.3, -0.25) is 29.1 Å². The van der Waals surface area contributed by atoms with Crippen molar-refractivity contribution in [3.05, 3.63) is 58.2 Å². The molecule has 0 N–H and O–H groups in total. The van der Waals surface area contributed by atoms with E-state index in [1.807, 2.05) is 18.2 Å². The fourth-order valence-electron chi connectivity index (χ4n) is 2.22. The van der Waals surface area contributed by atoms with Gasteiger partial charge in [-0.05, 0) is 74.6 Å². The Labute approximate surface area is 226 Å². The molecule has 0 atom stereocenters. The summed E-state index contributed by atoms with van der Waals surface area (Å²) in [5.74, 6) is -3.44. The maximum absolute atomic E-state index is 11.7. The number of hydrogen-bond acceptors (Lipinski definition) is 10. The van der Waals surface area contributed by atoms with Crippen molar-refractivity contribution in [2.45, 2.75) is 47.5 Å². The maximum Gasteiger partial charge on any atom is 0.326 e. The minimum Gasteiger partial charge on any atom is -0.466 e. The van der Waals surface area contributed by atoms with Crippen LogP contribution in [0.3, 0.4) is 0 Å². The molecule has 0 bridgehead atoms. The number of esters is 4. The van der Waals surface area contributed by atoms with Crippen LogP contribution in [-0.4, -0.2) is 60.3 Å². The van der Waals surface area contributed by atoms with E-state index in [1.54, 1.807) is 52.1 Å². The Hall–Kier alpha value is -3.09. The molecule has 0 fully saturated rings. The topological polar surface area (TPSA) is 131 Å². The number of nitrogens with zero attached hydrogens (tertiary/aromatic N) is 2. The first-order valence-electron chi connectivity index (χ1n) is 10.9. The molecule has 0 unspecified atom stereocenters. The minimum absolute atomic E-state index is 0. The van der Waals surface area contributed by atoms with Crippen molar-refractivity contribution in [3.63, 3.8) is 0 Å². The van der Waals surface area contributed by atoms with Gasteiger partial charge in [0.2, 0.25) is 0 Å². The van der Waals surface area contributed by atoms with Crippen molar-refractivity contribution in [2.24, 2.45) is 0 Å². The Morgan fingerprint density at radius 1 is 0.722 bits per heavy atom. The van der Waals surface area contributed by atoms with E-state index in [0.29, 0.717) is 5.69 Å². The van der Waals surface area contributed by atoms with Gasteiger partial charge in [0.15, 0.2) is 5.92 Å². The molecule has 2 rings (SSSR count). The lowest BCUT2D eigenvalue weighted by Crippen LogP contribution is -2.26. The maximum atomic E-state index is 11.7. The van der Waals surface area contributed by atoms with Gasteiger partial charge in [-0.25, -0.2) is 0 Å². The molecule has 0 aliphatic heterocycles. The number of ether oxygens (including phenoxy) is 4. The van der Waals surface area contributed by atoms with Gasteiger partial charge >= 0.3 is 23.9 Å². The normalized spacial score (nSPS) is 9.17. The van der Waals surface area contributed by atoms with E-state index in [9.17, 15) is 19.2 Å². The van der Waals surface area contributed by atoms with Crippen LogP contribution in [0, 0.1) is 3.70 Å². The number of aromatic nitrogens is 2. The van der Waals surface area contributed by atoms with Gasteiger partial charge in [0, 0.05) is 12.4 Å². The quantitative estimate of drug-likeness (QED) is 0.133. The monoisotopic (exact) mass is 618 g/mol. The summed E-state index contributed by atoms with van der Waals surface area (Å²) in [5.41, 5.74) is 0.337. The molecule has 2 heterocycles. The van der Waals surface area contributed by atoms with Crippen LogP contribution in [0.5, 0.6) is 0 Å². The van der Waals surface area contributed by atoms with Crippen LogP contribution in [0.15, 0.2) is 48.8 Å². The zero-order valence-corrected chi connectivity index (χ0v) is 22.4. The summed E-state index contributed by atoms with van der Waals surface area (Å²) >= 11 is 2.17. The van der Waals surface area contributed by atoms with Gasteiger partial charge in [0.25, 0.3) is 0 Å². The third-order valence-electron chi connectivity index (χ3n) is 3.56. The summed E-state index contributed by atoms with van der Waals surface area (Å²) in [6.07, 6.45) is 3.00. The summed E-state index contributed by atoms with van der Waals surface area (Å²) in [5, 5.41) is 0. The van der Waals surface area contributed by atoms with Crippen LogP contribution < -0.4 is 0 Å². The van der Waals surface area contributed by atoms with Gasteiger partial charge in [-0.1, -0.05) is 19.6 Å². The Kier molecular flexibility index (Phi) is 21.8. The summed E-state index contributed by atoms with van der Waals surface area (Å²) in [6.45, 7) is 7.73. The molecule has 200 valence electrons. The zero-order chi connectivity index (χ0) is 26.5. The molecule has 10 nitrogen and oxygen atoms in total. The van der Waals surface area contributed by atoms with E-state index in [0.717, 1.165) is 3.70 Å². The molecule has 36 heavy (non-hydrogen) atoms. The average molecular weight is 618 g/mol. The molecular formula is C25H35IN2O8. The lowest BCUT2D eigenvalue weighted by molar-refractivity contribution is -0.158. The van der Waals surface area contributed by atoms with Crippen molar-refractivity contribution in [3.8, 4) is 0 Å². The van der Waals surface area contributed by atoms with E-state index >= 15 is 0 Å². The van der Waals surface area contributed by atoms with Crippen LogP contribution in [0.25, 0.3) is 0 Å². The van der Waals surface area contributed by atoms with Crippen LogP contribution >= 0.6 is 22.6 Å². The predicted molar refractivity (Wildman–Crippen MR) is 142 cm³/mol. The van der Waals surface area contributed by atoms with Crippen molar-refractivity contribution in [2.75, 3.05) is 26.4 Å². The minimum atomic E-state index is -1.10. The SMILES string of the molecule is C.CCOC(=O)C(C(=O)OCC)c1ccccn1.CCOC(=O)CC(=O)OCC.Ic1ccccn1. The molecule has 0 amide bonds.